The van der Waals surface area contributed by atoms with Crippen molar-refractivity contribution < 1.29 is 4.39 Å². The van der Waals surface area contributed by atoms with Crippen molar-refractivity contribution in [3.05, 3.63) is 65.1 Å². The van der Waals surface area contributed by atoms with Gasteiger partial charge in [-0.1, -0.05) is 23.7 Å². The Morgan fingerprint density at radius 2 is 2.00 bits per heavy atom. The van der Waals surface area contributed by atoms with E-state index in [2.05, 4.69) is 4.98 Å². The van der Waals surface area contributed by atoms with Crippen LogP contribution >= 0.6 is 11.6 Å². The zero-order valence-corrected chi connectivity index (χ0v) is 12.2. The molecule has 2 nitrogen and oxygen atoms in total. The van der Waals surface area contributed by atoms with Gasteiger partial charge in [-0.2, -0.15) is 0 Å². The van der Waals surface area contributed by atoms with E-state index in [0.717, 1.165) is 27.6 Å². The molecule has 0 aliphatic carbocycles. The maximum Gasteiger partial charge on any atom is 0.123 e. The van der Waals surface area contributed by atoms with Gasteiger partial charge in [0.1, 0.15) is 5.82 Å². The van der Waals surface area contributed by atoms with Crippen LogP contribution < -0.4 is 5.73 Å². The molecule has 0 fully saturated rings. The number of fused-ring (bicyclic) bond motifs is 1. The van der Waals surface area contributed by atoms with Crippen LogP contribution in [0.3, 0.4) is 0 Å². The van der Waals surface area contributed by atoms with Crippen molar-refractivity contribution in [2.24, 2.45) is 5.73 Å². The molecule has 1 heterocycles. The minimum Gasteiger partial charge on any atom is -0.324 e. The number of benzene rings is 2. The summed E-state index contributed by atoms with van der Waals surface area (Å²) in [6.45, 7) is 1.88. The molecule has 2 N–H and O–H groups in total. The third-order valence-corrected chi connectivity index (χ3v) is 3.79. The van der Waals surface area contributed by atoms with Crippen LogP contribution in [-0.4, -0.2) is 4.98 Å². The van der Waals surface area contributed by atoms with E-state index in [-0.39, 0.29) is 11.9 Å². The van der Waals surface area contributed by atoms with Crippen LogP contribution in [0.15, 0.2) is 48.7 Å². The van der Waals surface area contributed by atoms with Gasteiger partial charge in [-0.3, -0.25) is 4.98 Å². The summed E-state index contributed by atoms with van der Waals surface area (Å²) in [6, 6.07) is 11.8. The SMILES string of the molecule is CC(N)c1cc(Cl)c2cccnc2c1-c1cccc(F)c1. The first-order valence-electron chi connectivity index (χ1n) is 6.66. The number of aromatic nitrogens is 1. The van der Waals surface area contributed by atoms with Crippen LogP contribution in [0.4, 0.5) is 4.39 Å². The maximum absolute atomic E-state index is 13.6. The molecule has 1 atom stereocenters. The second-order valence-corrected chi connectivity index (χ2v) is 5.43. The Morgan fingerprint density at radius 3 is 2.71 bits per heavy atom. The smallest absolute Gasteiger partial charge is 0.123 e. The Morgan fingerprint density at radius 1 is 1.19 bits per heavy atom. The average Bonchev–Trinajstić information content (AvgIpc) is 2.47. The lowest BCUT2D eigenvalue weighted by molar-refractivity contribution is 0.628. The second kappa shape index (κ2) is 5.43. The van der Waals surface area contributed by atoms with Gasteiger partial charge in [0.25, 0.3) is 0 Å². The fourth-order valence-corrected chi connectivity index (χ4v) is 2.80. The highest BCUT2D eigenvalue weighted by molar-refractivity contribution is 6.36. The maximum atomic E-state index is 13.6. The van der Waals surface area contributed by atoms with E-state index in [1.807, 2.05) is 31.2 Å². The molecule has 106 valence electrons. The lowest BCUT2D eigenvalue weighted by Crippen LogP contribution is -2.07. The van der Waals surface area contributed by atoms with E-state index in [0.29, 0.717) is 5.02 Å². The lowest BCUT2D eigenvalue weighted by atomic mass is 9.93. The van der Waals surface area contributed by atoms with E-state index < -0.39 is 0 Å². The summed E-state index contributed by atoms with van der Waals surface area (Å²) in [6.07, 6.45) is 1.70. The Hall–Kier alpha value is -1.97. The molecular formula is C17H14ClFN2. The molecule has 0 aliphatic heterocycles. The molecule has 0 aliphatic rings. The molecule has 2 aromatic carbocycles. The van der Waals surface area contributed by atoms with Gasteiger partial charge >= 0.3 is 0 Å². The lowest BCUT2D eigenvalue weighted by Gasteiger charge is -2.16. The molecule has 0 radical (unpaired) electrons. The summed E-state index contributed by atoms with van der Waals surface area (Å²) < 4.78 is 13.6. The molecule has 21 heavy (non-hydrogen) atoms. The zero-order chi connectivity index (χ0) is 15.0. The predicted molar refractivity (Wildman–Crippen MR) is 84.7 cm³/mol. The van der Waals surface area contributed by atoms with Gasteiger partial charge in [0.05, 0.1) is 10.5 Å². The molecule has 1 unspecified atom stereocenters. The van der Waals surface area contributed by atoms with E-state index >= 15 is 0 Å². The van der Waals surface area contributed by atoms with Gasteiger partial charge in [-0.25, -0.2) is 4.39 Å². The summed E-state index contributed by atoms with van der Waals surface area (Å²) in [5.41, 5.74) is 9.26. The Bertz CT molecular complexity index is 815. The highest BCUT2D eigenvalue weighted by Crippen LogP contribution is 2.37. The van der Waals surface area contributed by atoms with Crippen molar-refractivity contribution in [3.63, 3.8) is 0 Å². The topological polar surface area (TPSA) is 38.9 Å². The Labute approximate surface area is 127 Å². The Balaban J connectivity index is 2.43. The minimum absolute atomic E-state index is 0.229. The second-order valence-electron chi connectivity index (χ2n) is 5.02. The third-order valence-electron chi connectivity index (χ3n) is 3.48. The molecule has 3 rings (SSSR count). The third kappa shape index (κ3) is 2.50. The highest BCUT2D eigenvalue weighted by Gasteiger charge is 2.16. The molecule has 3 aromatic rings. The molecule has 0 spiro atoms. The summed E-state index contributed by atoms with van der Waals surface area (Å²) in [7, 11) is 0. The first-order valence-corrected chi connectivity index (χ1v) is 7.04. The van der Waals surface area contributed by atoms with Crippen LogP contribution in [0.2, 0.25) is 5.02 Å². The first kappa shape index (κ1) is 14.0. The van der Waals surface area contributed by atoms with Crippen LogP contribution in [0.25, 0.3) is 22.0 Å². The number of hydrogen-bond acceptors (Lipinski definition) is 2. The van der Waals surface area contributed by atoms with Gasteiger partial charge in [0.2, 0.25) is 0 Å². The van der Waals surface area contributed by atoms with Crippen LogP contribution in [0, 0.1) is 5.82 Å². The van der Waals surface area contributed by atoms with Gasteiger partial charge in [0, 0.05) is 23.2 Å². The van der Waals surface area contributed by atoms with Crippen LogP contribution in [0.1, 0.15) is 18.5 Å². The monoisotopic (exact) mass is 300 g/mol. The molecule has 0 saturated carbocycles. The summed E-state index contributed by atoms with van der Waals surface area (Å²) in [5, 5.41) is 1.44. The number of pyridine rings is 1. The van der Waals surface area contributed by atoms with Crippen LogP contribution in [0.5, 0.6) is 0 Å². The largest absolute Gasteiger partial charge is 0.324 e. The van der Waals surface area contributed by atoms with Crippen molar-refractivity contribution in [3.8, 4) is 11.1 Å². The Kier molecular flexibility index (Phi) is 3.62. The van der Waals surface area contributed by atoms with Gasteiger partial charge in [-0.05, 0) is 48.4 Å². The normalized spacial score (nSPS) is 12.6. The summed E-state index contributed by atoms with van der Waals surface area (Å²) in [5.74, 6) is -0.290. The van der Waals surface area contributed by atoms with Crippen molar-refractivity contribution >= 4 is 22.5 Å². The number of hydrogen-bond donors (Lipinski definition) is 1. The molecule has 0 bridgehead atoms. The van der Waals surface area contributed by atoms with Crippen molar-refractivity contribution in [1.82, 2.24) is 4.98 Å². The van der Waals surface area contributed by atoms with E-state index in [1.54, 1.807) is 12.3 Å². The van der Waals surface area contributed by atoms with Gasteiger partial charge < -0.3 is 5.73 Å². The molecular weight excluding hydrogens is 287 g/mol. The first-order chi connectivity index (χ1) is 10.1. The zero-order valence-electron chi connectivity index (χ0n) is 11.5. The van der Waals surface area contributed by atoms with Crippen molar-refractivity contribution in [1.29, 1.82) is 0 Å². The average molecular weight is 301 g/mol. The number of rotatable bonds is 2. The highest BCUT2D eigenvalue weighted by atomic mass is 35.5. The van der Waals surface area contributed by atoms with Crippen molar-refractivity contribution in [2.75, 3.05) is 0 Å². The van der Waals surface area contributed by atoms with Gasteiger partial charge in [-0.15, -0.1) is 0 Å². The fourth-order valence-electron chi connectivity index (χ4n) is 2.53. The summed E-state index contributed by atoms with van der Waals surface area (Å²) >= 11 is 6.33. The molecule has 1 aromatic heterocycles. The van der Waals surface area contributed by atoms with E-state index in [4.69, 9.17) is 17.3 Å². The predicted octanol–water partition coefficient (Wildman–Crippen LogP) is 4.71. The quantitative estimate of drug-likeness (QED) is 0.744. The standard InChI is InChI=1S/C17H14ClFN2/c1-10(20)14-9-15(18)13-6-3-7-21-17(13)16(14)11-4-2-5-12(19)8-11/h2-10H,20H2,1H3. The van der Waals surface area contributed by atoms with Crippen molar-refractivity contribution in [2.45, 2.75) is 13.0 Å². The van der Waals surface area contributed by atoms with E-state index in [9.17, 15) is 4.39 Å². The molecule has 0 amide bonds. The fraction of sp³-hybridized carbons (Fsp3) is 0.118. The molecule has 0 saturated heterocycles. The van der Waals surface area contributed by atoms with Crippen LogP contribution in [-0.2, 0) is 0 Å². The van der Waals surface area contributed by atoms with E-state index in [1.165, 1.54) is 12.1 Å². The molecule has 4 heteroatoms. The van der Waals surface area contributed by atoms with Gasteiger partial charge in [0.15, 0.2) is 0 Å². The number of nitrogens with two attached hydrogens (primary N) is 1. The number of nitrogens with zero attached hydrogens (tertiary/aromatic N) is 1. The minimum atomic E-state index is -0.290. The summed E-state index contributed by atoms with van der Waals surface area (Å²) in [4.78, 5) is 4.43. The number of halogens is 2.